The Bertz CT molecular complexity index is 579. The van der Waals surface area contributed by atoms with Crippen LogP contribution in [0.1, 0.15) is 18.1 Å². The molecule has 0 amide bonds. The van der Waals surface area contributed by atoms with Crippen LogP contribution in [0.2, 0.25) is 0 Å². The van der Waals surface area contributed by atoms with Crippen LogP contribution in [0.4, 0.5) is 0 Å². The summed E-state index contributed by atoms with van der Waals surface area (Å²) >= 11 is 3.73. The van der Waals surface area contributed by atoms with E-state index in [2.05, 4.69) is 59.3 Å². The topological polar surface area (TPSA) is 0 Å². The maximum Gasteiger partial charge on any atom is 0.0294 e. The number of halogens is 1. The molecule has 0 spiro atoms. The third-order valence-corrected chi connectivity index (χ3v) is 4.03. The van der Waals surface area contributed by atoms with Gasteiger partial charge in [0.1, 0.15) is 0 Å². The molecule has 0 nitrogen and oxygen atoms in total. The molecule has 0 saturated carbocycles. The van der Waals surface area contributed by atoms with Gasteiger partial charge in [0.15, 0.2) is 0 Å². The van der Waals surface area contributed by atoms with Crippen molar-refractivity contribution in [3.8, 4) is 0 Å². The summed E-state index contributed by atoms with van der Waals surface area (Å²) < 4.78 is 1.27. The van der Waals surface area contributed by atoms with Crippen LogP contribution in [-0.4, -0.2) is 0 Å². The van der Waals surface area contributed by atoms with E-state index in [4.69, 9.17) is 0 Å². The summed E-state index contributed by atoms with van der Waals surface area (Å²) in [6, 6.07) is 10.8. The van der Waals surface area contributed by atoms with E-state index in [1.165, 1.54) is 31.9 Å². The average molecular weight is 259 g/mol. The Hall–Kier alpha value is -1.08. The van der Waals surface area contributed by atoms with Crippen LogP contribution in [-0.2, 0) is 6.42 Å². The standard InChI is InChI=1S/C14H11Br/c1-9-6-7-12-13(9)8-10-4-2-3-5-11(10)14(12)15/h2-6,8H,7H2,1H3. The molecular weight excluding hydrogens is 248 g/mol. The highest BCUT2D eigenvalue weighted by Crippen LogP contribution is 2.37. The SMILES string of the molecule is CC1=CCc2c1cc1ccccc1c2Br. The zero-order valence-electron chi connectivity index (χ0n) is 8.55. The molecule has 1 aliphatic carbocycles. The highest BCUT2D eigenvalue weighted by atomic mass is 79.9. The van der Waals surface area contributed by atoms with Crippen molar-refractivity contribution in [2.45, 2.75) is 13.3 Å². The first-order valence-corrected chi connectivity index (χ1v) is 5.94. The lowest BCUT2D eigenvalue weighted by Gasteiger charge is -2.08. The van der Waals surface area contributed by atoms with Gasteiger partial charge in [0.05, 0.1) is 0 Å². The maximum atomic E-state index is 3.73. The second-order valence-corrected chi connectivity index (χ2v) is 4.82. The molecule has 15 heavy (non-hydrogen) atoms. The molecule has 2 aromatic rings. The Kier molecular flexibility index (Phi) is 1.96. The Morgan fingerprint density at radius 3 is 2.87 bits per heavy atom. The van der Waals surface area contributed by atoms with E-state index < -0.39 is 0 Å². The monoisotopic (exact) mass is 258 g/mol. The van der Waals surface area contributed by atoms with Gasteiger partial charge in [-0.15, -0.1) is 0 Å². The van der Waals surface area contributed by atoms with E-state index in [0.717, 1.165) is 6.42 Å². The molecule has 0 aliphatic heterocycles. The molecule has 0 atom stereocenters. The zero-order chi connectivity index (χ0) is 10.4. The fourth-order valence-electron chi connectivity index (χ4n) is 2.26. The summed E-state index contributed by atoms with van der Waals surface area (Å²) in [6.07, 6.45) is 3.36. The fourth-order valence-corrected chi connectivity index (χ4v) is 3.00. The minimum Gasteiger partial charge on any atom is -0.0765 e. The van der Waals surface area contributed by atoms with Gasteiger partial charge in [-0.2, -0.15) is 0 Å². The Labute approximate surface area is 97.7 Å². The van der Waals surface area contributed by atoms with Gasteiger partial charge in [-0.25, -0.2) is 0 Å². The molecule has 0 unspecified atom stereocenters. The van der Waals surface area contributed by atoms with Gasteiger partial charge in [0, 0.05) is 4.47 Å². The molecule has 2 aromatic carbocycles. The first kappa shape index (κ1) is 9.17. The molecule has 74 valence electrons. The molecule has 0 N–H and O–H groups in total. The van der Waals surface area contributed by atoms with Crippen LogP contribution in [0.25, 0.3) is 16.3 Å². The number of benzene rings is 2. The second-order valence-electron chi connectivity index (χ2n) is 4.03. The number of rotatable bonds is 0. The third kappa shape index (κ3) is 1.26. The van der Waals surface area contributed by atoms with Gasteiger partial charge < -0.3 is 0 Å². The van der Waals surface area contributed by atoms with E-state index in [0.29, 0.717) is 0 Å². The largest absolute Gasteiger partial charge is 0.0765 e. The average Bonchev–Trinajstić information content (AvgIpc) is 2.62. The van der Waals surface area contributed by atoms with Crippen molar-refractivity contribution in [2.75, 3.05) is 0 Å². The minimum absolute atomic E-state index is 1.06. The van der Waals surface area contributed by atoms with Gasteiger partial charge in [0.2, 0.25) is 0 Å². The number of allylic oxidation sites excluding steroid dienone is 2. The number of hydrogen-bond acceptors (Lipinski definition) is 0. The Morgan fingerprint density at radius 1 is 1.20 bits per heavy atom. The molecule has 3 rings (SSSR count). The highest BCUT2D eigenvalue weighted by Gasteiger charge is 2.15. The molecule has 0 bridgehead atoms. The first-order valence-electron chi connectivity index (χ1n) is 5.14. The van der Waals surface area contributed by atoms with Gasteiger partial charge >= 0.3 is 0 Å². The minimum atomic E-state index is 1.06. The maximum absolute atomic E-state index is 3.73. The molecule has 0 saturated heterocycles. The predicted molar refractivity (Wildman–Crippen MR) is 69.0 cm³/mol. The molecule has 1 aliphatic rings. The van der Waals surface area contributed by atoms with Crippen molar-refractivity contribution >= 4 is 32.3 Å². The summed E-state index contributed by atoms with van der Waals surface area (Å²) in [6.45, 7) is 2.19. The van der Waals surface area contributed by atoms with Gasteiger partial charge in [0.25, 0.3) is 0 Å². The van der Waals surface area contributed by atoms with Crippen molar-refractivity contribution in [1.29, 1.82) is 0 Å². The van der Waals surface area contributed by atoms with E-state index >= 15 is 0 Å². The van der Waals surface area contributed by atoms with Crippen molar-refractivity contribution in [3.63, 3.8) is 0 Å². The van der Waals surface area contributed by atoms with Crippen LogP contribution < -0.4 is 0 Å². The lowest BCUT2D eigenvalue weighted by Crippen LogP contribution is -1.87. The Morgan fingerprint density at radius 2 is 2.00 bits per heavy atom. The molecule has 0 aromatic heterocycles. The van der Waals surface area contributed by atoms with Crippen molar-refractivity contribution in [2.24, 2.45) is 0 Å². The molecular formula is C14H11Br. The molecule has 0 radical (unpaired) electrons. The second kappa shape index (κ2) is 3.21. The van der Waals surface area contributed by atoms with Crippen LogP contribution in [0, 0.1) is 0 Å². The molecule has 1 heteroatoms. The van der Waals surface area contributed by atoms with Gasteiger partial charge in [-0.05, 0) is 62.8 Å². The van der Waals surface area contributed by atoms with Crippen LogP contribution >= 0.6 is 15.9 Å². The summed E-state index contributed by atoms with van der Waals surface area (Å²) in [5.41, 5.74) is 4.24. The summed E-state index contributed by atoms with van der Waals surface area (Å²) in [5.74, 6) is 0. The quantitative estimate of drug-likeness (QED) is 0.650. The van der Waals surface area contributed by atoms with Crippen LogP contribution in [0.5, 0.6) is 0 Å². The van der Waals surface area contributed by atoms with E-state index in [9.17, 15) is 0 Å². The zero-order valence-corrected chi connectivity index (χ0v) is 10.1. The van der Waals surface area contributed by atoms with Crippen LogP contribution in [0.3, 0.4) is 0 Å². The Balaban J connectivity index is 2.44. The van der Waals surface area contributed by atoms with Gasteiger partial charge in [-0.1, -0.05) is 30.3 Å². The summed E-state index contributed by atoms with van der Waals surface area (Å²) in [7, 11) is 0. The fraction of sp³-hybridized carbons (Fsp3) is 0.143. The van der Waals surface area contributed by atoms with Crippen molar-refractivity contribution in [1.82, 2.24) is 0 Å². The van der Waals surface area contributed by atoms with E-state index in [1.807, 2.05) is 0 Å². The van der Waals surface area contributed by atoms with Gasteiger partial charge in [-0.3, -0.25) is 0 Å². The van der Waals surface area contributed by atoms with Crippen molar-refractivity contribution < 1.29 is 0 Å². The smallest absolute Gasteiger partial charge is 0.0294 e. The highest BCUT2D eigenvalue weighted by molar-refractivity contribution is 9.10. The lowest BCUT2D eigenvalue weighted by molar-refractivity contribution is 1.30. The predicted octanol–water partition coefficient (Wildman–Crippen LogP) is 4.56. The lowest BCUT2D eigenvalue weighted by atomic mass is 10.0. The summed E-state index contributed by atoms with van der Waals surface area (Å²) in [4.78, 5) is 0. The number of fused-ring (bicyclic) bond motifs is 2. The summed E-state index contributed by atoms with van der Waals surface area (Å²) in [5, 5.41) is 2.64. The van der Waals surface area contributed by atoms with E-state index in [-0.39, 0.29) is 0 Å². The van der Waals surface area contributed by atoms with Crippen molar-refractivity contribution in [3.05, 3.63) is 52.0 Å². The molecule has 0 fully saturated rings. The molecule has 0 heterocycles. The van der Waals surface area contributed by atoms with Crippen LogP contribution in [0.15, 0.2) is 40.9 Å². The first-order chi connectivity index (χ1) is 7.27. The normalized spacial score (nSPS) is 14.1. The third-order valence-electron chi connectivity index (χ3n) is 3.12. The van der Waals surface area contributed by atoms with E-state index in [1.54, 1.807) is 0 Å². The number of hydrogen-bond donors (Lipinski definition) is 0.